The van der Waals surface area contributed by atoms with Crippen LogP contribution in [-0.4, -0.2) is 11.1 Å². The van der Waals surface area contributed by atoms with Crippen molar-refractivity contribution >= 4 is 44.0 Å². The van der Waals surface area contributed by atoms with Gasteiger partial charge in [0.25, 0.3) is 0 Å². The van der Waals surface area contributed by atoms with Gasteiger partial charge in [0.2, 0.25) is 0 Å². The average molecular weight is 411 g/mol. The van der Waals surface area contributed by atoms with Crippen LogP contribution in [0.3, 0.4) is 0 Å². The molecule has 0 radical (unpaired) electrons. The first-order valence-corrected chi connectivity index (χ1v) is 11.3. The average Bonchev–Trinajstić information content (AvgIpc) is 3.19. The van der Waals surface area contributed by atoms with Crippen LogP contribution in [0.25, 0.3) is 49.3 Å². The highest BCUT2D eigenvalue weighted by molar-refractivity contribution is 6.12. The predicted molar refractivity (Wildman–Crippen MR) is 136 cm³/mol. The second kappa shape index (κ2) is 6.48. The van der Waals surface area contributed by atoms with E-state index >= 15 is 0 Å². The molecular formula is C30H22N2. The summed E-state index contributed by atoms with van der Waals surface area (Å²) in [5.74, 6) is 1.22. The van der Waals surface area contributed by atoms with E-state index in [0.29, 0.717) is 0 Å². The van der Waals surface area contributed by atoms with Crippen LogP contribution in [0.2, 0.25) is 0 Å². The summed E-state index contributed by atoms with van der Waals surface area (Å²) in [4.78, 5) is 2.47. The standard InChI is InChI=1S/C30H22N2/c1-2-31-27-18-17-20-9-3-5-11-23(20)29(27)25-13-7-8-14-26(25)32-28(31)19-22-16-15-21-10-4-6-12-24(21)30(22)32/h3-19H,2H2,1H3. The number of fused-ring (bicyclic) bond motifs is 11. The van der Waals surface area contributed by atoms with Gasteiger partial charge < -0.3 is 4.90 Å². The Hall–Kier alpha value is -4.04. The molecule has 0 aliphatic carbocycles. The molecule has 0 bridgehead atoms. The molecule has 0 N–H and O–H groups in total. The van der Waals surface area contributed by atoms with E-state index in [0.717, 1.165) is 6.54 Å². The van der Waals surface area contributed by atoms with Gasteiger partial charge in [-0.05, 0) is 41.3 Å². The summed E-state index contributed by atoms with van der Waals surface area (Å²) in [5, 5.41) is 6.41. The summed E-state index contributed by atoms with van der Waals surface area (Å²) in [5.41, 5.74) is 6.38. The molecule has 0 unspecified atom stereocenters. The first-order valence-electron chi connectivity index (χ1n) is 11.3. The lowest BCUT2D eigenvalue weighted by Gasteiger charge is -2.24. The van der Waals surface area contributed by atoms with Gasteiger partial charge in [-0.1, -0.05) is 84.9 Å². The highest BCUT2D eigenvalue weighted by atomic mass is 15.3. The van der Waals surface area contributed by atoms with Gasteiger partial charge in [0.05, 0.1) is 16.9 Å². The Balaban J connectivity index is 1.72. The van der Waals surface area contributed by atoms with Gasteiger partial charge >= 0.3 is 0 Å². The largest absolute Gasteiger partial charge is 0.327 e. The maximum absolute atomic E-state index is 2.48. The molecule has 1 aliphatic rings. The topological polar surface area (TPSA) is 8.17 Å². The molecule has 0 amide bonds. The van der Waals surface area contributed by atoms with Crippen molar-refractivity contribution in [1.29, 1.82) is 0 Å². The maximum Gasteiger partial charge on any atom is 0.118 e. The van der Waals surface area contributed by atoms with Gasteiger partial charge in [-0.15, -0.1) is 0 Å². The zero-order valence-corrected chi connectivity index (χ0v) is 17.9. The second-order valence-corrected chi connectivity index (χ2v) is 8.50. The number of para-hydroxylation sites is 1. The molecule has 1 aliphatic heterocycles. The predicted octanol–water partition coefficient (Wildman–Crippen LogP) is 8.08. The van der Waals surface area contributed by atoms with Crippen LogP contribution in [0.4, 0.5) is 11.5 Å². The zero-order valence-electron chi connectivity index (χ0n) is 17.9. The monoisotopic (exact) mass is 410 g/mol. The lowest BCUT2D eigenvalue weighted by Crippen LogP contribution is -2.18. The van der Waals surface area contributed by atoms with Crippen LogP contribution < -0.4 is 4.90 Å². The Morgan fingerprint density at radius 2 is 1.25 bits per heavy atom. The van der Waals surface area contributed by atoms with Crippen molar-refractivity contribution in [3.8, 4) is 16.8 Å². The number of rotatable bonds is 1. The van der Waals surface area contributed by atoms with Crippen molar-refractivity contribution in [2.45, 2.75) is 6.92 Å². The van der Waals surface area contributed by atoms with E-state index in [1.807, 2.05) is 0 Å². The van der Waals surface area contributed by atoms with E-state index in [4.69, 9.17) is 0 Å². The third kappa shape index (κ3) is 2.24. The number of benzene rings is 5. The summed E-state index contributed by atoms with van der Waals surface area (Å²) < 4.78 is 2.48. The number of aromatic nitrogens is 1. The van der Waals surface area contributed by atoms with Crippen LogP contribution >= 0.6 is 0 Å². The molecule has 1 aromatic heterocycles. The summed E-state index contributed by atoms with van der Waals surface area (Å²) >= 11 is 0. The van der Waals surface area contributed by atoms with E-state index in [1.165, 1.54) is 60.8 Å². The molecule has 0 saturated carbocycles. The summed E-state index contributed by atoms with van der Waals surface area (Å²) in [7, 11) is 0. The van der Waals surface area contributed by atoms with Crippen molar-refractivity contribution in [2.24, 2.45) is 0 Å². The lowest BCUT2D eigenvalue weighted by atomic mass is 9.94. The number of anilines is 2. The molecule has 32 heavy (non-hydrogen) atoms. The number of hydrogen-bond donors (Lipinski definition) is 0. The minimum Gasteiger partial charge on any atom is -0.327 e. The van der Waals surface area contributed by atoms with Gasteiger partial charge in [0, 0.05) is 28.4 Å². The number of nitrogens with zero attached hydrogens (tertiary/aromatic N) is 2. The Morgan fingerprint density at radius 3 is 2.09 bits per heavy atom. The number of hydrogen-bond acceptors (Lipinski definition) is 1. The van der Waals surface area contributed by atoms with Crippen molar-refractivity contribution in [3.05, 3.63) is 103 Å². The fourth-order valence-electron chi connectivity index (χ4n) is 5.50. The molecule has 2 heterocycles. The molecule has 0 saturated heterocycles. The maximum atomic E-state index is 2.48. The molecule has 2 nitrogen and oxygen atoms in total. The Labute approximate surface area is 186 Å². The Morgan fingerprint density at radius 1 is 0.594 bits per heavy atom. The van der Waals surface area contributed by atoms with Gasteiger partial charge in [-0.3, -0.25) is 4.57 Å². The molecule has 7 rings (SSSR count). The second-order valence-electron chi connectivity index (χ2n) is 8.50. The van der Waals surface area contributed by atoms with Crippen LogP contribution in [0.15, 0.2) is 103 Å². The van der Waals surface area contributed by atoms with Gasteiger partial charge in [0.15, 0.2) is 0 Å². The SMILES string of the molecule is CCN1c2ccc3ccccc3c2-c2ccccc2-n2c1cc1ccc3ccccc3c12. The van der Waals surface area contributed by atoms with E-state index in [-0.39, 0.29) is 0 Å². The first-order chi connectivity index (χ1) is 15.8. The molecular weight excluding hydrogens is 388 g/mol. The van der Waals surface area contributed by atoms with E-state index in [2.05, 4.69) is 120 Å². The molecule has 0 spiro atoms. The van der Waals surface area contributed by atoms with E-state index < -0.39 is 0 Å². The van der Waals surface area contributed by atoms with Crippen LogP contribution in [0.5, 0.6) is 0 Å². The molecule has 152 valence electrons. The highest BCUT2D eigenvalue weighted by Gasteiger charge is 2.27. The molecule has 0 atom stereocenters. The Bertz CT molecular complexity index is 1670. The third-order valence-corrected chi connectivity index (χ3v) is 6.87. The fraction of sp³-hybridized carbons (Fsp3) is 0.0667. The van der Waals surface area contributed by atoms with Crippen molar-refractivity contribution in [1.82, 2.24) is 4.57 Å². The van der Waals surface area contributed by atoms with Gasteiger partial charge in [0.1, 0.15) is 5.82 Å². The minimum absolute atomic E-state index is 0.896. The lowest BCUT2D eigenvalue weighted by molar-refractivity contribution is 0.970. The quantitative estimate of drug-likeness (QED) is 0.266. The minimum atomic E-state index is 0.896. The summed E-state index contributed by atoms with van der Waals surface area (Å²) in [6, 6.07) is 37.7. The Kier molecular flexibility index (Phi) is 3.57. The third-order valence-electron chi connectivity index (χ3n) is 6.87. The molecule has 6 aromatic rings. The van der Waals surface area contributed by atoms with Crippen LogP contribution in [0.1, 0.15) is 6.92 Å². The summed E-state index contributed by atoms with van der Waals surface area (Å²) in [6.45, 7) is 3.14. The fourth-order valence-corrected chi connectivity index (χ4v) is 5.50. The van der Waals surface area contributed by atoms with Crippen molar-refractivity contribution in [3.63, 3.8) is 0 Å². The van der Waals surface area contributed by atoms with Crippen LogP contribution in [0, 0.1) is 0 Å². The first kappa shape index (κ1) is 17.6. The molecule has 0 fully saturated rings. The smallest absolute Gasteiger partial charge is 0.118 e. The normalized spacial score (nSPS) is 12.6. The highest BCUT2D eigenvalue weighted by Crippen LogP contribution is 2.48. The molecule has 2 heteroatoms. The zero-order chi connectivity index (χ0) is 21.2. The van der Waals surface area contributed by atoms with Gasteiger partial charge in [-0.25, -0.2) is 0 Å². The van der Waals surface area contributed by atoms with Crippen molar-refractivity contribution < 1.29 is 0 Å². The summed E-state index contributed by atoms with van der Waals surface area (Å²) in [6.07, 6.45) is 0. The molecule has 5 aromatic carbocycles. The van der Waals surface area contributed by atoms with E-state index in [1.54, 1.807) is 0 Å². The van der Waals surface area contributed by atoms with Crippen LogP contribution in [-0.2, 0) is 0 Å². The van der Waals surface area contributed by atoms with E-state index in [9.17, 15) is 0 Å². The van der Waals surface area contributed by atoms with Crippen molar-refractivity contribution in [2.75, 3.05) is 11.4 Å². The van der Waals surface area contributed by atoms with Gasteiger partial charge in [-0.2, -0.15) is 0 Å².